The van der Waals surface area contributed by atoms with E-state index in [0.717, 1.165) is 22.4 Å². The number of hydrogen-bond donors (Lipinski definition) is 1. The molecule has 0 saturated heterocycles. The molecular formula is C17H21NO2. The summed E-state index contributed by atoms with van der Waals surface area (Å²) < 4.78 is 10.8. The number of benzene rings is 2. The highest BCUT2D eigenvalue weighted by atomic mass is 16.5. The first-order valence-electron chi connectivity index (χ1n) is 6.77. The van der Waals surface area contributed by atoms with Crippen LogP contribution in [0.2, 0.25) is 0 Å². The first kappa shape index (κ1) is 14.6. The second kappa shape index (κ2) is 7.08. The van der Waals surface area contributed by atoms with Gasteiger partial charge in [-0.05, 0) is 24.1 Å². The van der Waals surface area contributed by atoms with Gasteiger partial charge in [0, 0.05) is 19.2 Å². The molecule has 0 aliphatic carbocycles. The molecule has 0 atom stereocenters. The lowest BCUT2D eigenvalue weighted by atomic mass is 9.97. The maximum atomic E-state index is 5.85. The fraction of sp³-hybridized carbons (Fsp3) is 0.294. The van der Waals surface area contributed by atoms with Crippen molar-refractivity contribution in [1.29, 1.82) is 0 Å². The van der Waals surface area contributed by atoms with Gasteiger partial charge in [0.15, 0.2) is 0 Å². The summed E-state index contributed by atoms with van der Waals surface area (Å²) in [6.45, 7) is 3.71. The predicted molar refractivity (Wildman–Crippen MR) is 81.9 cm³/mol. The molecule has 0 saturated carbocycles. The van der Waals surface area contributed by atoms with Crippen molar-refractivity contribution in [2.24, 2.45) is 5.73 Å². The Labute approximate surface area is 120 Å². The Morgan fingerprint density at radius 1 is 1.00 bits per heavy atom. The lowest BCUT2D eigenvalue weighted by molar-refractivity contribution is 0.146. The third-order valence-electron chi connectivity index (χ3n) is 3.21. The summed E-state index contributed by atoms with van der Waals surface area (Å²) in [6, 6.07) is 14.4. The van der Waals surface area contributed by atoms with E-state index in [1.54, 1.807) is 7.11 Å². The summed E-state index contributed by atoms with van der Waals surface area (Å²) in [4.78, 5) is 0. The SMILES string of the molecule is COCCOc1ccccc1-c1cc(C)ccc1CN. The standard InChI is InChI=1S/C17H21NO2/c1-13-7-8-14(12-18)16(11-13)15-5-3-4-6-17(15)20-10-9-19-2/h3-8,11H,9-10,12,18H2,1-2H3. The van der Waals surface area contributed by atoms with Gasteiger partial charge in [-0.1, -0.05) is 42.0 Å². The van der Waals surface area contributed by atoms with Gasteiger partial charge in [0.2, 0.25) is 0 Å². The summed E-state index contributed by atoms with van der Waals surface area (Å²) in [6.07, 6.45) is 0. The number of para-hydroxylation sites is 1. The van der Waals surface area contributed by atoms with Gasteiger partial charge in [-0.15, -0.1) is 0 Å². The minimum absolute atomic E-state index is 0.516. The number of nitrogens with two attached hydrogens (primary N) is 1. The van der Waals surface area contributed by atoms with Gasteiger partial charge in [0.05, 0.1) is 6.61 Å². The van der Waals surface area contributed by atoms with Crippen LogP contribution in [0, 0.1) is 6.92 Å². The van der Waals surface area contributed by atoms with E-state index >= 15 is 0 Å². The van der Waals surface area contributed by atoms with E-state index in [1.165, 1.54) is 5.56 Å². The molecule has 0 aliphatic rings. The van der Waals surface area contributed by atoms with Crippen LogP contribution < -0.4 is 10.5 Å². The van der Waals surface area contributed by atoms with Crippen LogP contribution >= 0.6 is 0 Å². The molecule has 2 N–H and O–H groups in total. The molecule has 2 aromatic carbocycles. The average Bonchev–Trinajstić information content (AvgIpc) is 2.48. The quantitative estimate of drug-likeness (QED) is 0.821. The zero-order chi connectivity index (χ0) is 14.4. The molecule has 0 aliphatic heterocycles. The number of aryl methyl sites for hydroxylation is 1. The van der Waals surface area contributed by atoms with Crippen molar-refractivity contribution >= 4 is 0 Å². The molecule has 0 radical (unpaired) electrons. The Balaban J connectivity index is 2.39. The molecule has 0 heterocycles. The second-order valence-electron chi connectivity index (χ2n) is 4.70. The molecule has 0 aromatic heterocycles. The van der Waals surface area contributed by atoms with Crippen molar-refractivity contribution in [2.75, 3.05) is 20.3 Å². The van der Waals surface area contributed by atoms with E-state index in [-0.39, 0.29) is 0 Å². The molecule has 0 amide bonds. The van der Waals surface area contributed by atoms with Crippen molar-refractivity contribution in [3.8, 4) is 16.9 Å². The first-order valence-corrected chi connectivity index (χ1v) is 6.77. The zero-order valence-electron chi connectivity index (χ0n) is 12.1. The summed E-state index contributed by atoms with van der Waals surface area (Å²) in [5.74, 6) is 0.866. The predicted octanol–water partition coefficient (Wildman–Crippen LogP) is 3.15. The molecule has 3 heteroatoms. The average molecular weight is 271 g/mol. The second-order valence-corrected chi connectivity index (χ2v) is 4.70. The Bertz CT molecular complexity index is 567. The maximum Gasteiger partial charge on any atom is 0.127 e. The zero-order valence-corrected chi connectivity index (χ0v) is 12.1. The van der Waals surface area contributed by atoms with Crippen molar-refractivity contribution in [1.82, 2.24) is 0 Å². The fourth-order valence-corrected chi connectivity index (χ4v) is 2.17. The Hall–Kier alpha value is -1.84. The van der Waals surface area contributed by atoms with E-state index in [1.807, 2.05) is 18.2 Å². The fourth-order valence-electron chi connectivity index (χ4n) is 2.17. The summed E-state index contributed by atoms with van der Waals surface area (Å²) in [7, 11) is 1.67. The molecular weight excluding hydrogens is 250 g/mol. The van der Waals surface area contributed by atoms with Crippen LogP contribution in [0.25, 0.3) is 11.1 Å². The monoisotopic (exact) mass is 271 g/mol. The topological polar surface area (TPSA) is 44.5 Å². The van der Waals surface area contributed by atoms with Gasteiger partial charge in [0.1, 0.15) is 12.4 Å². The lowest BCUT2D eigenvalue weighted by Gasteiger charge is -2.14. The van der Waals surface area contributed by atoms with E-state index < -0.39 is 0 Å². The number of methoxy groups -OCH3 is 1. The van der Waals surface area contributed by atoms with Crippen LogP contribution in [-0.4, -0.2) is 20.3 Å². The summed E-state index contributed by atoms with van der Waals surface area (Å²) in [5.41, 5.74) is 10.4. The van der Waals surface area contributed by atoms with Crippen LogP contribution in [0.4, 0.5) is 0 Å². The van der Waals surface area contributed by atoms with Crippen LogP contribution in [0.5, 0.6) is 5.75 Å². The molecule has 0 spiro atoms. The van der Waals surface area contributed by atoms with E-state index in [0.29, 0.717) is 19.8 Å². The normalized spacial score (nSPS) is 10.6. The Morgan fingerprint density at radius 2 is 1.80 bits per heavy atom. The van der Waals surface area contributed by atoms with Crippen LogP contribution in [-0.2, 0) is 11.3 Å². The van der Waals surface area contributed by atoms with Crippen molar-refractivity contribution in [3.63, 3.8) is 0 Å². The highest BCUT2D eigenvalue weighted by Crippen LogP contribution is 2.32. The molecule has 2 rings (SSSR count). The molecule has 0 bridgehead atoms. The Morgan fingerprint density at radius 3 is 2.55 bits per heavy atom. The van der Waals surface area contributed by atoms with E-state index in [9.17, 15) is 0 Å². The van der Waals surface area contributed by atoms with Gasteiger partial charge in [-0.3, -0.25) is 0 Å². The maximum absolute atomic E-state index is 5.85. The number of rotatable bonds is 6. The first-order chi connectivity index (χ1) is 9.76. The van der Waals surface area contributed by atoms with Gasteiger partial charge in [-0.2, -0.15) is 0 Å². The smallest absolute Gasteiger partial charge is 0.127 e. The van der Waals surface area contributed by atoms with Crippen LogP contribution in [0.1, 0.15) is 11.1 Å². The van der Waals surface area contributed by atoms with Gasteiger partial charge < -0.3 is 15.2 Å². The van der Waals surface area contributed by atoms with E-state index in [4.69, 9.17) is 15.2 Å². The number of hydrogen-bond acceptors (Lipinski definition) is 3. The minimum atomic E-state index is 0.516. The van der Waals surface area contributed by atoms with Crippen molar-refractivity contribution < 1.29 is 9.47 Å². The number of ether oxygens (including phenoxy) is 2. The van der Waals surface area contributed by atoms with Crippen molar-refractivity contribution in [2.45, 2.75) is 13.5 Å². The van der Waals surface area contributed by atoms with Gasteiger partial charge in [-0.25, -0.2) is 0 Å². The third-order valence-corrected chi connectivity index (χ3v) is 3.21. The largest absolute Gasteiger partial charge is 0.491 e. The summed E-state index contributed by atoms with van der Waals surface area (Å²) in [5, 5.41) is 0. The minimum Gasteiger partial charge on any atom is -0.491 e. The molecule has 20 heavy (non-hydrogen) atoms. The Kier molecular flexibility index (Phi) is 5.16. The van der Waals surface area contributed by atoms with Crippen LogP contribution in [0.3, 0.4) is 0 Å². The highest BCUT2D eigenvalue weighted by Gasteiger charge is 2.10. The molecule has 106 valence electrons. The molecule has 3 nitrogen and oxygen atoms in total. The summed E-state index contributed by atoms with van der Waals surface area (Å²) >= 11 is 0. The van der Waals surface area contributed by atoms with Crippen molar-refractivity contribution in [3.05, 3.63) is 53.6 Å². The third kappa shape index (κ3) is 3.38. The molecule has 2 aromatic rings. The van der Waals surface area contributed by atoms with Gasteiger partial charge in [0.25, 0.3) is 0 Å². The highest BCUT2D eigenvalue weighted by molar-refractivity contribution is 5.74. The van der Waals surface area contributed by atoms with Gasteiger partial charge >= 0.3 is 0 Å². The van der Waals surface area contributed by atoms with Crippen LogP contribution in [0.15, 0.2) is 42.5 Å². The van der Waals surface area contributed by atoms with E-state index in [2.05, 4.69) is 31.2 Å². The molecule has 0 fully saturated rings. The lowest BCUT2D eigenvalue weighted by Crippen LogP contribution is -2.06. The molecule has 0 unspecified atom stereocenters.